The molecule has 8 heteroatoms. The van der Waals surface area contributed by atoms with Crippen LogP contribution in [0.5, 0.6) is 0 Å². The first kappa shape index (κ1) is 24.1. The number of halogens is 3. The van der Waals surface area contributed by atoms with E-state index in [4.69, 9.17) is 6.57 Å². The number of nitrogens with zero attached hydrogens (tertiary/aromatic N) is 3. The van der Waals surface area contributed by atoms with E-state index >= 15 is 0 Å². The molecule has 0 radical (unpaired) electrons. The third-order valence-corrected chi connectivity index (χ3v) is 6.43. The Balaban J connectivity index is 1.73. The number of imidazole rings is 1. The molecule has 184 valence electrons. The minimum atomic E-state index is -4.85. The van der Waals surface area contributed by atoms with Crippen LogP contribution < -0.4 is 5.56 Å². The molecule has 0 fully saturated rings. The molecule has 0 bridgehead atoms. The highest BCUT2D eigenvalue weighted by atomic mass is 19.4. The van der Waals surface area contributed by atoms with Crippen molar-refractivity contribution in [2.75, 3.05) is 0 Å². The first-order valence-corrected chi connectivity index (χ1v) is 11.5. The molecule has 0 aliphatic carbocycles. The third kappa shape index (κ3) is 4.52. The molecular weight excluding hydrogens is 477 g/mol. The third-order valence-electron chi connectivity index (χ3n) is 6.43. The van der Waals surface area contributed by atoms with Crippen LogP contribution in [0.25, 0.3) is 38.3 Å². The number of aromatic nitrogens is 3. The van der Waals surface area contributed by atoms with Crippen LogP contribution in [0.2, 0.25) is 0 Å². The van der Waals surface area contributed by atoms with Crippen molar-refractivity contribution in [3.63, 3.8) is 0 Å². The molecule has 0 saturated heterocycles. The lowest BCUT2D eigenvalue weighted by Crippen LogP contribution is -2.25. The minimum Gasteiger partial charge on any atom is -0.345 e. The van der Waals surface area contributed by atoms with Crippen molar-refractivity contribution in [1.82, 2.24) is 14.5 Å². The standard InChI is InChI=1S/C29H21F3N4O/c1-17-7-8-22(18(2)11-17)15-36-26(14-23(29(30,31)32)27(33-3)28(36)37)21-6-4-5-19(12-21)20-9-10-24-25(13-20)35-16-34-24/h4-14,16H,15H2,1-2H3,(H,34,35). The fourth-order valence-electron chi connectivity index (χ4n) is 4.52. The Morgan fingerprint density at radius 1 is 0.973 bits per heavy atom. The predicted molar refractivity (Wildman–Crippen MR) is 138 cm³/mol. The zero-order valence-corrected chi connectivity index (χ0v) is 20.0. The average Bonchev–Trinajstić information content (AvgIpc) is 3.34. The quantitative estimate of drug-likeness (QED) is 0.265. The fourth-order valence-corrected chi connectivity index (χ4v) is 4.52. The lowest BCUT2D eigenvalue weighted by Gasteiger charge is -2.19. The van der Waals surface area contributed by atoms with Gasteiger partial charge in [-0.1, -0.05) is 48.0 Å². The summed E-state index contributed by atoms with van der Waals surface area (Å²) in [6.07, 6.45) is -3.26. The van der Waals surface area contributed by atoms with Gasteiger partial charge in [0.25, 0.3) is 11.2 Å². The maximum absolute atomic E-state index is 13.9. The second-order valence-corrected chi connectivity index (χ2v) is 8.94. The fraction of sp³-hybridized carbons (Fsp3) is 0.138. The highest BCUT2D eigenvalue weighted by Crippen LogP contribution is 2.38. The molecule has 0 amide bonds. The number of hydrogen-bond donors (Lipinski definition) is 1. The number of aryl methyl sites for hydroxylation is 2. The van der Waals surface area contributed by atoms with E-state index in [0.29, 0.717) is 5.56 Å². The summed E-state index contributed by atoms with van der Waals surface area (Å²) in [6, 6.07) is 19.3. The Bertz CT molecular complexity index is 1760. The molecule has 2 aromatic heterocycles. The lowest BCUT2D eigenvalue weighted by atomic mass is 9.99. The van der Waals surface area contributed by atoms with Crippen LogP contribution in [-0.4, -0.2) is 14.5 Å². The highest BCUT2D eigenvalue weighted by molar-refractivity contribution is 5.83. The maximum atomic E-state index is 13.9. The zero-order valence-electron chi connectivity index (χ0n) is 20.0. The van der Waals surface area contributed by atoms with Gasteiger partial charge in [-0.2, -0.15) is 13.2 Å². The van der Waals surface area contributed by atoms with Gasteiger partial charge in [-0.25, -0.2) is 9.83 Å². The van der Waals surface area contributed by atoms with Crippen molar-refractivity contribution in [1.29, 1.82) is 0 Å². The number of fused-ring (bicyclic) bond motifs is 1. The van der Waals surface area contributed by atoms with Crippen LogP contribution in [-0.2, 0) is 12.7 Å². The Morgan fingerprint density at radius 2 is 1.73 bits per heavy atom. The van der Waals surface area contributed by atoms with E-state index in [1.165, 1.54) is 4.57 Å². The van der Waals surface area contributed by atoms with E-state index in [1.807, 2.05) is 56.3 Å². The number of alkyl halides is 3. The summed E-state index contributed by atoms with van der Waals surface area (Å²) in [5.41, 5.74) is 3.36. The Morgan fingerprint density at radius 3 is 2.46 bits per heavy atom. The molecule has 37 heavy (non-hydrogen) atoms. The van der Waals surface area contributed by atoms with Crippen molar-refractivity contribution < 1.29 is 13.2 Å². The molecule has 0 spiro atoms. The predicted octanol–water partition coefficient (Wildman–Crippen LogP) is 7.29. The number of aromatic amines is 1. The van der Waals surface area contributed by atoms with Crippen LogP contribution in [0.3, 0.4) is 0 Å². The summed E-state index contributed by atoms with van der Waals surface area (Å²) in [6.45, 7) is 11.2. The summed E-state index contributed by atoms with van der Waals surface area (Å²) in [5.74, 6) is 0. The van der Waals surface area contributed by atoms with Crippen molar-refractivity contribution in [3.8, 4) is 22.4 Å². The number of nitrogens with one attached hydrogen (secondary N) is 1. The molecule has 0 saturated carbocycles. The topological polar surface area (TPSA) is 55.0 Å². The number of pyridine rings is 1. The van der Waals surface area contributed by atoms with E-state index in [9.17, 15) is 18.0 Å². The van der Waals surface area contributed by atoms with Crippen LogP contribution in [0, 0.1) is 20.4 Å². The van der Waals surface area contributed by atoms with Crippen LogP contribution in [0.1, 0.15) is 22.3 Å². The number of benzene rings is 3. The molecular formula is C29H21F3N4O. The van der Waals surface area contributed by atoms with Gasteiger partial charge in [0, 0.05) is 5.69 Å². The Hall–Kier alpha value is -4.64. The Kier molecular flexibility index (Phi) is 5.92. The summed E-state index contributed by atoms with van der Waals surface area (Å²) < 4.78 is 43.1. The summed E-state index contributed by atoms with van der Waals surface area (Å²) >= 11 is 0. The molecule has 0 unspecified atom stereocenters. The van der Waals surface area contributed by atoms with Crippen LogP contribution >= 0.6 is 0 Å². The van der Waals surface area contributed by atoms with Gasteiger partial charge in [-0.15, -0.1) is 0 Å². The smallest absolute Gasteiger partial charge is 0.345 e. The molecule has 5 nitrogen and oxygen atoms in total. The van der Waals surface area contributed by atoms with Gasteiger partial charge in [-0.05, 0) is 65.9 Å². The molecule has 5 rings (SSSR count). The molecule has 1 N–H and O–H groups in total. The number of H-pyrrole nitrogens is 1. The van der Waals surface area contributed by atoms with E-state index < -0.39 is 23.0 Å². The van der Waals surface area contributed by atoms with Crippen molar-refractivity contribution in [3.05, 3.63) is 117 Å². The first-order valence-electron chi connectivity index (χ1n) is 11.5. The van der Waals surface area contributed by atoms with Gasteiger partial charge in [0.05, 0.1) is 36.0 Å². The monoisotopic (exact) mass is 498 g/mol. The summed E-state index contributed by atoms with van der Waals surface area (Å²) in [4.78, 5) is 23.6. The van der Waals surface area contributed by atoms with E-state index in [1.54, 1.807) is 24.5 Å². The zero-order chi connectivity index (χ0) is 26.3. The number of hydrogen-bond acceptors (Lipinski definition) is 2. The summed E-state index contributed by atoms with van der Waals surface area (Å²) in [5, 5.41) is 0. The van der Waals surface area contributed by atoms with E-state index in [-0.39, 0.29) is 12.2 Å². The lowest BCUT2D eigenvalue weighted by molar-refractivity contribution is -0.136. The normalized spacial score (nSPS) is 11.6. The minimum absolute atomic E-state index is 0.0330. The maximum Gasteiger partial charge on any atom is 0.407 e. The van der Waals surface area contributed by atoms with E-state index in [0.717, 1.165) is 44.9 Å². The summed E-state index contributed by atoms with van der Waals surface area (Å²) in [7, 11) is 0. The van der Waals surface area contributed by atoms with Gasteiger partial charge in [0.15, 0.2) is 0 Å². The molecule has 0 aliphatic heterocycles. The molecule has 0 atom stereocenters. The van der Waals surface area contributed by atoms with Crippen molar-refractivity contribution in [2.24, 2.45) is 0 Å². The SMILES string of the molecule is [C-]#[N+]c1c(C(F)(F)F)cc(-c2cccc(-c3ccc4nc[nH]c4c3)c2)n(Cc2ccc(C)cc2C)c1=O. The molecule has 5 aromatic rings. The van der Waals surface area contributed by atoms with Gasteiger partial charge in [0.2, 0.25) is 0 Å². The average molecular weight is 499 g/mol. The van der Waals surface area contributed by atoms with Gasteiger partial charge >= 0.3 is 6.18 Å². The molecule has 0 aliphatic rings. The largest absolute Gasteiger partial charge is 0.407 e. The molecule has 2 heterocycles. The van der Waals surface area contributed by atoms with Crippen molar-refractivity contribution >= 4 is 16.7 Å². The van der Waals surface area contributed by atoms with Crippen LogP contribution in [0.15, 0.2) is 77.9 Å². The van der Waals surface area contributed by atoms with Gasteiger partial charge in [-0.3, -0.25) is 4.79 Å². The van der Waals surface area contributed by atoms with Crippen molar-refractivity contribution in [2.45, 2.75) is 26.6 Å². The second-order valence-electron chi connectivity index (χ2n) is 8.94. The first-order chi connectivity index (χ1) is 17.7. The highest BCUT2D eigenvalue weighted by Gasteiger charge is 2.36. The van der Waals surface area contributed by atoms with E-state index in [2.05, 4.69) is 14.8 Å². The second kappa shape index (κ2) is 9.10. The van der Waals surface area contributed by atoms with Gasteiger partial charge < -0.3 is 9.55 Å². The number of rotatable bonds is 4. The molecule has 3 aromatic carbocycles. The Labute approximate surface area is 210 Å². The van der Waals surface area contributed by atoms with Crippen LogP contribution in [0.4, 0.5) is 18.9 Å². The van der Waals surface area contributed by atoms with Gasteiger partial charge in [0.1, 0.15) is 0 Å².